The minimum Gasteiger partial charge on any atom is -0.490 e. The number of hydrogen-bond acceptors (Lipinski definition) is 6. The van der Waals surface area contributed by atoms with E-state index in [1.165, 1.54) is 0 Å². The van der Waals surface area contributed by atoms with Gasteiger partial charge in [0.15, 0.2) is 0 Å². The number of ether oxygens (including phenoxy) is 2. The summed E-state index contributed by atoms with van der Waals surface area (Å²) in [5.74, 6) is 2.02. The molecule has 8 heteroatoms. The van der Waals surface area contributed by atoms with Crippen LogP contribution >= 0.6 is 0 Å². The van der Waals surface area contributed by atoms with Crippen LogP contribution in [-0.2, 0) is 4.79 Å². The molecule has 0 spiro atoms. The van der Waals surface area contributed by atoms with E-state index >= 15 is 0 Å². The quantitative estimate of drug-likeness (QED) is 0.578. The van der Waals surface area contributed by atoms with Gasteiger partial charge in [-0.3, -0.25) is 4.79 Å². The van der Waals surface area contributed by atoms with Gasteiger partial charge in [0.1, 0.15) is 17.2 Å². The fraction of sp³-hybridized carbons (Fsp3) is 0.458. The van der Waals surface area contributed by atoms with Crippen LogP contribution in [0.5, 0.6) is 11.6 Å². The molecule has 0 saturated heterocycles. The smallest absolute Gasteiger partial charge is 0.228 e. The summed E-state index contributed by atoms with van der Waals surface area (Å²) < 4.78 is 11.6. The number of nitrogens with zero attached hydrogens (tertiary/aromatic N) is 3. The molecule has 2 aliphatic carbocycles. The molecule has 0 radical (unpaired) electrons. The van der Waals surface area contributed by atoms with Crippen LogP contribution in [0.25, 0.3) is 22.2 Å². The normalized spacial score (nSPS) is 15.3. The molecule has 0 unspecified atom stereocenters. The van der Waals surface area contributed by atoms with Gasteiger partial charge in [-0.05, 0) is 64.5 Å². The zero-order valence-electron chi connectivity index (χ0n) is 19.1. The standard InChI is InChI=1S/C20H20N4O3.C4H11N/c1-26-20-17(15(8-9-21-20)27-12-4-5-12)14-10-22-18-13(14)6-7-16(23-18)24-19(25)11-2-3-11;1-4-5(2)3/h6-12H,2-5H2,1H3,(H2,22,23,24,25);4H2,1-3H3. The summed E-state index contributed by atoms with van der Waals surface area (Å²) in [4.78, 5) is 26.2. The summed E-state index contributed by atoms with van der Waals surface area (Å²) in [6.45, 7) is 3.26. The lowest BCUT2D eigenvalue weighted by Crippen LogP contribution is -2.14. The van der Waals surface area contributed by atoms with Crippen molar-refractivity contribution in [3.05, 3.63) is 30.6 Å². The van der Waals surface area contributed by atoms with Gasteiger partial charge in [0.05, 0.1) is 18.8 Å². The first-order chi connectivity index (χ1) is 15.5. The van der Waals surface area contributed by atoms with Gasteiger partial charge >= 0.3 is 0 Å². The van der Waals surface area contributed by atoms with Gasteiger partial charge in [-0.25, -0.2) is 9.97 Å². The molecule has 2 N–H and O–H groups in total. The Morgan fingerprint density at radius 3 is 2.59 bits per heavy atom. The van der Waals surface area contributed by atoms with Crippen LogP contribution < -0.4 is 14.8 Å². The minimum absolute atomic E-state index is 0.0441. The van der Waals surface area contributed by atoms with Crippen molar-refractivity contribution < 1.29 is 14.3 Å². The maximum absolute atomic E-state index is 12.0. The van der Waals surface area contributed by atoms with Gasteiger partial charge in [0, 0.05) is 29.3 Å². The highest BCUT2D eigenvalue weighted by Gasteiger charge is 2.30. The maximum atomic E-state index is 12.0. The first-order valence-electron chi connectivity index (χ1n) is 11.1. The number of carbonyl (C=O) groups is 1. The molecular formula is C24H31N5O3. The van der Waals surface area contributed by atoms with Crippen molar-refractivity contribution in [1.29, 1.82) is 0 Å². The number of carbonyl (C=O) groups excluding carboxylic acids is 1. The average Bonchev–Trinajstić information content (AvgIpc) is 3.72. The van der Waals surface area contributed by atoms with Crippen molar-refractivity contribution in [3.8, 4) is 22.8 Å². The number of aromatic amines is 1. The van der Waals surface area contributed by atoms with Gasteiger partial charge in [-0.15, -0.1) is 0 Å². The Balaban J connectivity index is 0.000000444. The molecule has 3 aromatic heterocycles. The lowest BCUT2D eigenvalue weighted by atomic mass is 10.1. The molecule has 5 rings (SSSR count). The molecule has 3 aromatic rings. The maximum Gasteiger partial charge on any atom is 0.228 e. The fourth-order valence-electron chi connectivity index (χ4n) is 3.15. The van der Waals surface area contributed by atoms with Gasteiger partial charge in [-0.2, -0.15) is 0 Å². The Hall–Kier alpha value is -3.13. The predicted molar refractivity (Wildman–Crippen MR) is 125 cm³/mol. The number of hydrogen-bond donors (Lipinski definition) is 2. The minimum atomic E-state index is 0.0441. The van der Waals surface area contributed by atoms with Crippen LogP contribution in [0.3, 0.4) is 0 Å². The molecule has 0 aromatic carbocycles. The molecule has 0 bridgehead atoms. The molecule has 1 amide bonds. The van der Waals surface area contributed by atoms with Crippen LogP contribution in [0, 0.1) is 5.92 Å². The van der Waals surface area contributed by atoms with Crippen molar-refractivity contribution in [2.45, 2.75) is 38.7 Å². The first-order valence-corrected chi connectivity index (χ1v) is 11.1. The lowest BCUT2D eigenvalue weighted by molar-refractivity contribution is -0.117. The van der Waals surface area contributed by atoms with Gasteiger partial charge in [0.25, 0.3) is 0 Å². The summed E-state index contributed by atoms with van der Waals surface area (Å²) in [5, 5.41) is 3.80. The number of H-pyrrole nitrogens is 1. The van der Waals surface area contributed by atoms with Crippen molar-refractivity contribution in [1.82, 2.24) is 19.9 Å². The Labute approximate surface area is 188 Å². The van der Waals surface area contributed by atoms with Crippen LogP contribution in [-0.4, -0.2) is 59.6 Å². The Bertz CT molecular complexity index is 1090. The number of anilines is 1. The zero-order valence-corrected chi connectivity index (χ0v) is 19.1. The number of fused-ring (bicyclic) bond motifs is 1. The predicted octanol–water partition coefficient (Wildman–Crippen LogP) is 4.09. The van der Waals surface area contributed by atoms with Gasteiger partial charge in [-0.1, -0.05) is 6.92 Å². The Kier molecular flexibility index (Phi) is 6.60. The SMILES string of the molecule is CCN(C)C.COc1nccc(OC2CC2)c1-c1c[nH]c2nc(NC(=O)C3CC3)ccc12. The lowest BCUT2D eigenvalue weighted by Gasteiger charge is -2.13. The second kappa shape index (κ2) is 9.56. The van der Waals surface area contributed by atoms with E-state index in [1.54, 1.807) is 13.3 Å². The third-order valence-corrected chi connectivity index (χ3v) is 5.53. The van der Waals surface area contributed by atoms with Gasteiger partial charge < -0.3 is 24.7 Å². The van der Waals surface area contributed by atoms with E-state index in [9.17, 15) is 4.79 Å². The molecule has 2 aliphatic rings. The number of amides is 1. The van der Waals surface area contributed by atoms with E-state index in [-0.39, 0.29) is 17.9 Å². The first kappa shape index (κ1) is 22.1. The van der Waals surface area contributed by atoms with Crippen LogP contribution in [0.15, 0.2) is 30.6 Å². The molecule has 3 heterocycles. The van der Waals surface area contributed by atoms with E-state index in [1.807, 2.05) is 24.4 Å². The highest BCUT2D eigenvalue weighted by Crippen LogP contribution is 2.42. The molecule has 0 aliphatic heterocycles. The molecular weight excluding hydrogens is 406 g/mol. The Morgan fingerprint density at radius 1 is 1.22 bits per heavy atom. The van der Waals surface area contributed by atoms with Crippen molar-refractivity contribution in [2.24, 2.45) is 5.92 Å². The molecule has 8 nitrogen and oxygen atoms in total. The highest BCUT2D eigenvalue weighted by molar-refractivity contribution is 5.99. The second-order valence-electron chi connectivity index (χ2n) is 8.47. The number of aromatic nitrogens is 3. The summed E-state index contributed by atoms with van der Waals surface area (Å²) in [6, 6.07) is 5.64. The highest BCUT2D eigenvalue weighted by atomic mass is 16.5. The van der Waals surface area contributed by atoms with E-state index in [4.69, 9.17) is 9.47 Å². The summed E-state index contributed by atoms with van der Waals surface area (Å²) in [5.41, 5.74) is 2.43. The number of pyridine rings is 2. The van der Waals surface area contributed by atoms with E-state index in [0.717, 1.165) is 54.5 Å². The number of methoxy groups -OCH3 is 1. The van der Waals surface area contributed by atoms with Crippen molar-refractivity contribution in [2.75, 3.05) is 33.1 Å². The fourth-order valence-corrected chi connectivity index (χ4v) is 3.15. The molecule has 170 valence electrons. The van der Waals surface area contributed by atoms with E-state index in [2.05, 4.69) is 46.2 Å². The van der Waals surface area contributed by atoms with Crippen LogP contribution in [0.1, 0.15) is 32.6 Å². The third-order valence-electron chi connectivity index (χ3n) is 5.53. The molecule has 2 saturated carbocycles. The molecule has 32 heavy (non-hydrogen) atoms. The van der Waals surface area contributed by atoms with Crippen molar-refractivity contribution >= 4 is 22.8 Å². The number of nitrogens with one attached hydrogen (secondary N) is 2. The van der Waals surface area contributed by atoms with Crippen molar-refractivity contribution in [3.63, 3.8) is 0 Å². The summed E-state index contributed by atoms with van der Waals surface area (Å²) >= 11 is 0. The summed E-state index contributed by atoms with van der Waals surface area (Å²) in [7, 11) is 5.71. The topological polar surface area (TPSA) is 92.4 Å². The average molecular weight is 438 g/mol. The molecule has 0 atom stereocenters. The summed E-state index contributed by atoms with van der Waals surface area (Å²) in [6.07, 6.45) is 7.91. The number of rotatable bonds is 7. The van der Waals surface area contributed by atoms with Gasteiger partial charge in [0.2, 0.25) is 11.8 Å². The van der Waals surface area contributed by atoms with Crippen LogP contribution in [0.4, 0.5) is 5.82 Å². The zero-order chi connectivity index (χ0) is 22.7. The largest absolute Gasteiger partial charge is 0.490 e. The van der Waals surface area contributed by atoms with Crippen LogP contribution in [0.2, 0.25) is 0 Å². The molecule has 2 fully saturated rings. The third kappa shape index (κ3) is 5.19. The Morgan fingerprint density at radius 2 is 1.97 bits per heavy atom. The van der Waals surface area contributed by atoms with E-state index in [0.29, 0.717) is 17.3 Å². The monoisotopic (exact) mass is 437 g/mol. The van der Waals surface area contributed by atoms with E-state index < -0.39 is 0 Å². The second-order valence-corrected chi connectivity index (χ2v) is 8.47.